The van der Waals surface area contributed by atoms with E-state index in [-0.39, 0.29) is 1.43 Å². The summed E-state index contributed by atoms with van der Waals surface area (Å²) in [4.78, 5) is 0. The van der Waals surface area contributed by atoms with Gasteiger partial charge in [-0.05, 0) is 24.5 Å². The Morgan fingerprint density at radius 1 is 1.73 bits per heavy atom. The molecule has 6 heteroatoms. The van der Waals surface area contributed by atoms with Gasteiger partial charge in [-0.3, -0.25) is 4.72 Å². The van der Waals surface area contributed by atoms with Crippen LogP contribution in [-0.2, 0) is 10.0 Å². The van der Waals surface area contributed by atoms with Crippen molar-refractivity contribution < 1.29 is 9.84 Å². The van der Waals surface area contributed by atoms with E-state index in [1.54, 1.807) is 6.07 Å². The highest BCUT2D eigenvalue weighted by atomic mass is 32.2. The predicted octanol–water partition coefficient (Wildman–Crippen LogP) is 1.07. The lowest BCUT2D eigenvalue weighted by Crippen LogP contribution is -2.07. The van der Waals surface area contributed by atoms with Gasteiger partial charge in [-0.1, -0.05) is 0 Å². The first-order valence-corrected chi connectivity index (χ1v) is 5.55. The monoisotopic (exact) mass is 194 g/mol. The average molecular weight is 194 g/mol. The summed E-state index contributed by atoms with van der Waals surface area (Å²) in [7, 11) is -3.14. The summed E-state index contributed by atoms with van der Waals surface area (Å²) in [6.07, 6.45) is 1.11. The molecule has 0 aliphatic heterocycles. The molecular formula is C5H10N2O2S2. The van der Waals surface area contributed by atoms with E-state index in [0.29, 0.717) is 5.00 Å². The SMILES string of the molecule is Cc1cc(NS(C)(=O)=O)sn1.[HH]. The molecule has 0 atom stereocenters. The second kappa shape index (κ2) is 2.78. The maximum absolute atomic E-state index is 10.7. The van der Waals surface area contributed by atoms with E-state index in [2.05, 4.69) is 9.10 Å². The Balaban J connectivity index is 0.00000121. The fourth-order valence-electron chi connectivity index (χ4n) is 0.594. The van der Waals surface area contributed by atoms with Crippen LogP contribution in [0, 0.1) is 6.92 Å². The van der Waals surface area contributed by atoms with Gasteiger partial charge < -0.3 is 0 Å². The molecule has 0 saturated carbocycles. The van der Waals surface area contributed by atoms with Crippen molar-refractivity contribution in [2.75, 3.05) is 11.0 Å². The van der Waals surface area contributed by atoms with Crippen molar-refractivity contribution >= 4 is 26.6 Å². The normalized spacial score (nSPS) is 11.5. The van der Waals surface area contributed by atoms with Gasteiger partial charge in [0, 0.05) is 1.43 Å². The summed E-state index contributed by atoms with van der Waals surface area (Å²) in [5, 5.41) is 0.560. The number of nitrogens with zero attached hydrogens (tertiary/aromatic N) is 1. The van der Waals surface area contributed by atoms with E-state index < -0.39 is 10.0 Å². The van der Waals surface area contributed by atoms with Gasteiger partial charge in [0.15, 0.2) is 0 Å². The van der Waals surface area contributed by atoms with Crippen LogP contribution in [0.1, 0.15) is 7.12 Å². The number of hydrogen-bond donors (Lipinski definition) is 1. The summed E-state index contributed by atoms with van der Waals surface area (Å²) in [5.74, 6) is 0. The molecule has 64 valence electrons. The van der Waals surface area contributed by atoms with Crippen molar-refractivity contribution in [3.63, 3.8) is 0 Å². The van der Waals surface area contributed by atoms with Crippen LogP contribution >= 0.6 is 11.5 Å². The Kier molecular flexibility index (Phi) is 2.15. The van der Waals surface area contributed by atoms with Gasteiger partial charge in [0.1, 0.15) is 5.00 Å². The van der Waals surface area contributed by atoms with Gasteiger partial charge in [-0.25, -0.2) is 8.42 Å². The number of aromatic nitrogens is 1. The first-order valence-electron chi connectivity index (χ1n) is 2.88. The summed E-state index contributed by atoms with van der Waals surface area (Å²) >= 11 is 1.14. The third kappa shape index (κ3) is 2.85. The van der Waals surface area contributed by atoms with Crippen LogP contribution in [0.2, 0.25) is 0 Å². The number of sulfonamides is 1. The van der Waals surface area contributed by atoms with Crippen LogP contribution in [0.5, 0.6) is 0 Å². The second-order valence-corrected chi connectivity index (χ2v) is 4.76. The summed E-state index contributed by atoms with van der Waals surface area (Å²) in [6.45, 7) is 1.81. The van der Waals surface area contributed by atoms with E-state index in [1.807, 2.05) is 6.92 Å². The van der Waals surface area contributed by atoms with E-state index >= 15 is 0 Å². The van der Waals surface area contributed by atoms with Crippen molar-refractivity contribution in [2.45, 2.75) is 6.92 Å². The summed E-state index contributed by atoms with van der Waals surface area (Å²) < 4.78 is 27.6. The van der Waals surface area contributed by atoms with Gasteiger partial charge in [0.2, 0.25) is 10.0 Å². The third-order valence-corrected chi connectivity index (χ3v) is 2.43. The zero-order valence-electron chi connectivity index (χ0n) is 6.16. The number of nitrogens with one attached hydrogen (secondary N) is 1. The zero-order chi connectivity index (χ0) is 8.48. The number of hydrogen-bond acceptors (Lipinski definition) is 4. The van der Waals surface area contributed by atoms with Gasteiger partial charge in [-0.15, -0.1) is 0 Å². The Labute approximate surface area is 71.0 Å². The minimum atomic E-state index is -3.14. The molecule has 1 N–H and O–H groups in total. The largest absolute Gasteiger partial charge is 0.273 e. The minimum Gasteiger partial charge on any atom is -0.273 e. The molecule has 11 heavy (non-hydrogen) atoms. The molecule has 1 aromatic heterocycles. The van der Waals surface area contributed by atoms with Crippen LogP contribution < -0.4 is 4.72 Å². The van der Waals surface area contributed by atoms with Crippen molar-refractivity contribution in [1.29, 1.82) is 0 Å². The predicted molar refractivity (Wildman–Crippen MR) is 47.4 cm³/mol. The van der Waals surface area contributed by atoms with Crippen molar-refractivity contribution in [2.24, 2.45) is 0 Å². The lowest BCUT2D eigenvalue weighted by molar-refractivity contribution is 0.607. The van der Waals surface area contributed by atoms with Crippen LogP contribution in [-0.4, -0.2) is 19.0 Å². The lowest BCUT2D eigenvalue weighted by Gasteiger charge is -1.95. The first kappa shape index (κ1) is 8.48. The maximum Gasteiger partial charge on any atom is 0.230 e. The van der Waals surface area contributed by atoms with Crippen LogP contribution in [0.15, 0.2) is 6.07 Å². The molecule has 0 saturated heterocycles. The van der Waals surface area contributed by atoms with Gasteiger partial charge >= 0.3 is 0 Å². The van der Waals surface area contributed by atoms with Gasteiger partial charge in [0.25, 0.3) is 0 Å². The molecule has 1 rings (SSSR count). The Morgan fingerprint density at radius 2 is 2.36 bits per heavy atom. The minimum absolute atomic E-state index is 0. The highest BCUT2D eigenvalue weighted by Gasteiger charge is 2.03. The Morgan fingerprint density at radius 3 is 2.73 bits per heavy atom. The first-order chi connectivity index (χ1) is 4.97. The van der Waals surface area contributed by atoms with E-state index in [0.717, 1.165) is 23.5 Å². The summed E-state index contributed by atoms with van der Waals surface area (Å²) in [6, 6.07) is 1.69. The van der Waals surface area contributed by atoms with E-state index in [1.165, 1.54) is 0 Å². The molecule has 0 fully saturated rings. The second-order valence-electron chi connectivity index (χ2n) is 2.21. The number of aryl methyl sites for hydroxylation is 1. The lowest BCUT2D eigenvalue weighted by atomic mass is 10.5. The molecule has 0 aliphatic rings. The molecule has 0 spiro atoms. The van der Waals surface area contributed by atoms with Gasteiger partial charge in [0.05, 0.1) is 11.9 Å². The molecule has 0 aliphatic carbocycles. The molecular weight excluding hydrogens is 184 g/mol. The average Bonchev–Trinajstić information content (AvgIpc) is 2.10. The quantitative estimate of drug-likeness (QED) is 0.766. The fourth-order valence-corrected chi connectivity index (χ4v) is 2.14. The van der Waals surface area contributed by atoms with Crippen molar-refractivity contribution in [1.82, 2.24) is 4.37 Å². The van der Waals surface area contributed by atoms with Crippen LogP contribution in [0.3, 0.4) is 0 Å². The molecule has 4 nitrogen and oxygen atoms in total. The highest BCUT2D eigenvalue weighted by Crippen LogP contribution is 2.15. The number of rotatable bonds is 2. The van der Waals surface area contributed by atoms with Gasteiger partial charge in [-0.2, -0.15) is 4.37 Å². The highest BCUT2D eigenvalue weighted by molar-refractivity contribution is 7.92. The Bertz CT molecular complexity index is 346. The molecule has 0 aromatic carbocycles. The zero-order valence-corrected chi connectivity index (χ0v) is 7.79. The maximum atomic E-state index is 10.7. The Hall–Kier alpha value is -0.620. The molecule has 0 unspecified atom stereocenters. The van der Waals surface area contributed by atoms with Crippen molar-refractivity contribution in [3.05, 3.63) is 11.8 Å². The standard InChI is InChI=1S/C5H8N2O2S2.H2/c1-4-3-5(10-6-4)7-11(2,8)9;/h3,7H,1-2H3;1H. The fraction of sp³-hybridized carbons (Fsp3) is 0.400. The summed E-state index contributed by atoms with van der Waals surface area (Å²) in [5.41, 5.74) is 0.821. The molecule has 0 radical (unpaired) electrons. The van der Waals surface area contributed by atoms with Crippen LogP contribution in [0.4, 0.5) is 5.00 Å². The molecule has 1 heterocycles. The van der Waals surface area contributed by atoms with E-state index in [4.69, 9.17) is 0 Å². The topological polar surface area (TPSA) is 59.1 Å². The van der Waals surface area contributed by atoms with Crippen LogP contribution in [0.25, 0.3) is 0 Å². The molecule has 1 aromatic rings. The van der Waals surface area contributed by atoms with Crippen molar-refractivity contribution in [3.8, 4) is 0 Å². The molecule has 0 bridgehead atoms. The smallest absolute Gasteiger partial charge is 0.230 e. The third-order valence-electron chi connectivity index (χ3n) is 0.914. The van der Waals surface area contributed by atoms with E-state index in [9.17, 15) is 8.42 Å². The molecule has 0 amide bonds. The number of anilines is 1.